The van der Waals surface area contributed by atoms with Crippen molar-refractivity contribution in [3.63, 3.8) is 0 Å². The molecule has 0 unspecified atom stereocenters. The van der Waals surface area contributed by atoms with Gasteiger partial charge in [0.25, 0.3) is 0 Å². The number of benzene rings is 6. The first-order chi connectivity index (χ1) is 34.6. The van der Waals surface area contributed by atoms with Crippen molar-refractivity contribution in [2.75, 3.05) is 26.4 Å². The Bertz CT molecular complexity index is 2410. The number of ether oxygens (including phenoxy) is 10. The van der Waals surface area contributed by atoms with E-state index in [-0.39, 0.29) is 66.0 Å². The van der Waals surface area contributed by atoms with Crippen LogP contribution in [0.5, 0.6) is 0 Å². The normalized spacial score (nSPS) is 24.4. The van der Waals surface area contributed by atoms with Crippen LogP contribution in [0, 0.1) is 0 Å². The Hall–Kier alpha value is -5.81. The lowest BCUT2D eigenvalue weighted by Crippen LogP contribution is -2.66. The Balaban J connectivity index is 1.17. The van der Waals surface area contributed by atoms with Gasteiger partial charge in [0.2, 0.25) is 0 Å². The van der Waals surface area contributed by atoms with Crippen molar-refractivity contribution in [1.82, 2.24) is 0 Å². The number of rotatable bonds is 26. The van der Waals surface area contributed by atoms with E-state index in [1.54, 1.807) is 0 Å². The fourth-order valence-corrected chi connectivity index (χ4v) is 8.39. The van der Waals surface area contributed by atoms with E-state index in [0.29, 0.717) is 0 Å². The molecule has 0 aromatic heterocycles. The molecule has 0 amide bonds. The predicted molar refractivity (Wildman–Crippen MR) is 260 cm³/mol. The molecule has 0 bridgehead atoms. The molecule has 0 aliphatic carbocycles. The van der Waals surface area contributed by atoms with Gasteiger partial charge in [-0.3, -0.25) is 0 Å². The van der Waals surface area contributed by atoms with E-state index >= 15 is 0 Å². The number of aliphatic hydroxyl groups is 1. The summed E-state index contributed by atoms with van der Waals surface area (Å²) in [6, 6.07) is 58.8. The third kappa shape index (κ3) is 15.1. The molecular weight excluding hydrogens is 891 g/mol. The van der Waals surface area contributed by atoms with Gasteiger partial charge in [0.15, 0.2) is 12.6 Å². The third-order valence-corrected chi connectivity index (χ3v) is 12.0. The summed E-state index contributed by atoms with van der Waals surface area (Å²) in [5.41, 5.74) is 14.7. The van der Waals surface area contributed by atoms with E-state index < -0.39 is 61.4 Å². The number of hydrogen-bond donors (Lipinski definition) is 1. The van der Waals surface area contributed by atoms with Crippen LogP contribution in [0.1, 0.15) is 33.4 Å². The zero-order valence-corrected chi connectivity index (χ0v) is 39.0. The van der Waals surface area contributed by atoms with Gasteiger partial charge >= 0.3 is 0 Å². The molecule has 8 rings (SSSR count). The van der Waals surface area contributed by atoms with Crippen LogP contribution in [0.4, 0.5) is 0 Å². The first-order valence-electron chi connectivity index (χ1n) is 23.7. The number of azide groups is 1. The molecule has 2 heterocycles. The SMILES string of the molecule is [N-]=[N+]=NCCO[C@@H]1O[C@H](COCc2ccccc2)[C@@H](O[C@@H]2O[C@H](COCc3ccccc3)[C@H](O)[C@H](OCc3ccccc3)[C@H]2OCc2ccccc2)[C@H](OCc2ccccc2)[C@H]1OCc1ccccc1. The van der Waals surface area contributed by atoms with Gasteiger partial charge in [-0.05, 0) is 38.9 Å². The van der Waals surface area contributed by atoms with Gasteiger partial charge in [0.05, 0.1) is 59.5 Å². The first-order valence-corrected chi connectivity index (χ1v) is 23.7. The third-order valence-electron chi connectivity index (χ3n) is 12.0. The van der Waals surface area contributed by atoms with Gasteiger partial charge in [0, 0.05) is 11.5 Å². The summed E-state index contributed by atoms with van der Waals surface area (Å²) >= 11 is 0. The zero-order chi connectivity index (χ0) is 48.0. The number of nitrogens with zero attached hydrogens (tertiary/aromatic N) is 3. The molecule has 2 saturated heterocycles. The van der Waals surface area contributed by atoms with Crippen LogP contribution in [-0.2, 0) is 87.0 Å². The van der Waals surface area contributed by atoms with Gasteiger partial charge in [-0.2, -0.15) is 0 Å². The standard InChI is InChI=1S/C56H61N3O11/c57-59-58-31-32-63-55-54(67-38-46-29-17-6-18-30-46)52(65-36-44-25-13-4-14-26-44)50(48(69-55)40-62-34-42-21-9-2-10-22-42)70-56-53(66-37-45-27-15-5-16-28-45)51(64-35-43-23-11-3-12-24-43)49(60)47(68-56)39-61-33-41-19-7-1-8-20-41/h1-30,47-56,60H,31-40H2/t47-,48-,49+,50-,51+,52+,53-,54-,55-,56+/m1/s1. The molecule has 2 fully saturated rings. The molecule has 6 aromatic carbocycles. The summed E-state index contributed by atoms with van der Waals surface area (Å²) in [6.07, 6.45) is -9.92. The second kappa shape index (κ2) is 27.5. The zero-order valence-electron chi connectivity index (χ0n) is 39.0. The highest BCUT2D eigenvalue weighted by Crippen LogP contribution is 2.36. The molecule has 0 radical (unpaired) electrons. The number of aliphatic hydroxyl groups excluding tert-OH is 1. The van der Waals surface area contributed by atoms with Crippen molar-refractivity contribution in [2.24, 2.45) is 5.11 Å². The first kappa shape index (κ1) is 50.6. The van der Waals surface area contributed by atoms with E-state index in [1.807, 2.05) is 182 Å². The second-order valence-electron chi connectivity index (χ2n) is 17.0. The Morgan fingerprint density at radius 2 is 0.771 bits per heavy atom. The smallest absolute Gasteiger partial charge is 0.187 e. The lowest BCUT2D eigenvalue weighted by Gasteiger charge is -2.49. The van der Waals surface area contributed by atoms with Crippen LogP contribution in [0.15, 0.2) is 187 Å². The van der Waals surface area contributed by atoms with Crippen LogP contribution < -0.4 is 0 Å². The van der Waals surface area contributed by atoms with Gasteiger partial charge in [0.1, 0.15) is 48.8 Å². The molecule has 6 aromatic rings. The molecule has 2 aliphatic heterocycles. The van der Waals surface area contributed by atoms with Gasteiger partial charge < -0.3 is 52.5 Å². The maximum Gasteiger partial charge on any atom is 0.187 e. The fourth-order valence-electron chi connectivity index (χ4n) is 8.39. The molecule has 0 spiro atoms. The van der Waals surface area contributed by atoms with Crippen molar-refractivity contribution in [3.8, 4) is 0 Å². The van der Waals surface area contributed by atoms with Crippen LogP contribution in [-0.4, -0.2) is 92.9 Å². The minimum absolute atomic E-state index is 0.00907. The maximum atomic E-state index is 12.3. The summed E-state index contributed by atoms with van der Waals surface area (Å²) in [5, 5.41) is 16.0. The average Bonchev–Trinajstić information content (AvgIpc) is 3.41. The Labute approximate surface area is 409 Å². The molecule has 0 saturated carbocycles. The molecule has 14 nitrogen and oxygen atoms in total. The van der Waals surface area contributed by atoms with E-state index in [2.05, 4.69) is 10.0 Å². The summed E-state index contributed by atoms with van der Waals surface area (Å²) < 4.78 is 67.4. The average molecular weight is 952 g/mol. The topological polar surface area (TPSA) is 161 Å². The highest BCUT2D eigenvalue weighted by Gasteiger charge is 2.54. The molecule has 14 heteroatoms. The van der Waals surface area contributed by atoms with Crippen molar-refractivity contribution in [1.29, 1.82) is 0 Å². The van der Waals surface area contributed by atoms with E-state index in [1.165, 1.54) is 0 Å². The quantitative estimate of drug-likeness (QED) is 0.0239. The summed E-state index contributed by atoms with van der Waals surface area (Å²) in [5.74, 6) is 0. The summed E-state index contributed by atoms with van der Waals surface area (Å²) in [7, 11) is 0. The Kier molecular flexibility index (Phi) is 19.9. The van der Waals surface area contributed by atoms with Crippen molar-refractivity contribution in [3.05, 3.63) is 226 Å². The highest BCUT2D eigenvalue weighted by molar-refractivity contribution is 5.18. The van der Waals surface area contributed by atoms with Crippen molar-refractivity contribution in [2.45, 2.75) is 101 Å². The fraction of sp³-hybridized carbons (Fsp3) is 0.357. The van der Waals surface area contributed by atoms with Gasteiger partial charge in [-0.1, -0.05) is 187 Å². The van der Waals surface area contributed by atoms with E-state index in [0.717, 1.165) is 33.4 Å². The lowest BCUT2D eigenvalue weighted by atomic mass is 9.96. The summed E-state index contributed by atoms with van der Waals surface area (Å²) in [4.78, 5) is 2.92. The Morgan fingerprint density at radius 1 is 0.414 bits per heavy atom. The maximum absolute atomic E-state index is 12.3. The molecule has 366 valence electrons. The van der Waals surface area contributed by atoms with E-state index in [9.17, 15) is 5.11 Å². The Morgan fingerprint density at radius 3 is 1.20 bits per heavy atom. The van der Waals surface area contributed by atoms with Crippen LogP contribution >= 0.6 is 0 Å². The monoisotopic (exact) mass is 951 g/mol. The minimum atomic E-state index is -1.20. The predicted octanol–water partition coefficient (Wildman–Crippen LogP) is 9.28. The lowest BCUT2D eigenvalue weighted by molar-refractivity contribution is -0.375. The largest absolute Gasteiger partial charge is 0.387 e. The highest BCUT2D eigenvalue weighted by atomic mass is 16.8. The molecule has 2 aliphatic rings. The van der Waals surface area contributed by atoms with Crippen molar-refractivity contribution < 1.29 is 52.5 Å². The van der Waals surface area contributed by atoms with Gasteiger partial charge in [-0.25, -0.2) is 0 Å². The van der Waals surface area contributed by atoms with Crippen LogP contribution in [0.25, 0.3) is 10.4 Å². The minimum Gasteiger partial charge on any atom is -0.387 e. The van der Waals surface area contributed by atoms with Crippen molar-refractivity contribution >= 4 is 0 Å². The second-order valence-corrected chi connectivity index (χ2v) is 17.0. The molecule has 10 atom stereocenters. The van der Waals surface area contributed by atoms with Crippen LogP contribution in [0.3, 0.4) is 0 Å². The van der Waals surface area contributed by atoms with E-state index in [4.69, 9.17) is 52.9 Å². The molecular formula is C56H61N3O11. The van der Waals surface area contributed by atoms with Crippen LogP contribution in [0.2, 0.25) is 0 Å². The summed E-state index contributed by atoms with van der Waals surface area (Å²) in [6.45, 7) is 1.41. The van der Waals surface area contributed by atoms with Gasteiger partial charge in [-0.15, -0.1) is 0 Å². The molecule has 1 N–H and O–H groups in total. The number of hydrogen-bond acceptors (Lipinski definition) is 12. The molecule has 70 heavy (non-hydrogen) atoms.